The number of benzene rings is 1. The Morgan fingerprint density at radius 2 is 1.88 bits per heavy atom. The van der Waals surface area contributed by atoms with Crippen LogP contribution in [0.15, 0.2) is 64.2 Å². The summed E-state index contributed by atoms with van der Waals surface area (Å²) in [7, 11) is -4.53. The number of nitrogens with one attached hydrogen (secondary N) is 2. The SMILES string of the molecule is Cc1ccc(Nc2ncc(F)c(NC3=CCC(=CS(=O)(=O)N(C)C)C=C3)n2)cc1S(N)(=O)=O. The Bertz CT molecular complexity index is 1380. The van der Waals surface area contributed by atoms with E-state index in [1.54, 1.807) is 37.3 Å². The van der Waals surface area contributed by atoms with Crippen molar-refractivity contribution in [2.24, 2.45) is 5.14 Å². The molecule has 2 aromatic rings. The maximum absolute atomic E-state index is 14.3. The van der Waals surface area contributed by atoms with Gasteiger partial charge in [-0.05, 0) is 42.7 Å². The quantitative estimate of drug-likeness (QED) is 0.531. The van der Waals surface area contributed by atoms with E-state index in [0.717, 1.165) is 10.5 Å². The van der Waals surface area contributed by atoms with Gasteiger partial charge in [0.1, 0.15) is 0 Å². The van der Waals surface area contributed by atoms with Gasteiger partial charge in [0.05, 0.1) is 11.1 Å². The molecule has 1 aromatic carbocycles. The summed E-state index contributed by atoms with van der Waals surface area (Å²) < 4.78 is 62.7. The second-order valence-electron chi connectivity index (χ2n) is 7.38. The number of aromatic nitrogens is 2. The minimum Gasteiger partial charge on any atom is -0.338 e. The van der Waals surface area contributed by atoms with Crippen molar-refractivity contribution in [3.63, 3.8) is 0 Å². The Morgan fingerprint density at radius 3 is 2.48 bits per heavy atom. The van der Waals surface area contributed by atoms with Crippen LogP contribution in [-0.4, -0.2) is 45.2 Å². The molecule has 1 aromatic heterocycles. The van der Waals surface area contributed by atoms with Gasteiger partial charge in [-0.1, -0.05) is 18.2 Å². The molecule has 0 fully saturated rings. The molecule has 13 heteroatoms. The summed E-state index contributed by atoms with van der Waals surface area (Å²) in [5.41, 5.74) is 1.93. The minimum absolute atomic E-state index is 0.0289. The molecule has 0 unspecified atom stereocenters. The molecule has 10 nitrogen and oxygen atoms in total. The van der Waals surface area contributed by atoms with Gasteiger partial charge in [-0.3, -0.25) is 0 Å². The van der Waals surface area contributed by atoms with Gasteiger partial charge in [0.15, 0.2) is 11.6 Å². The summed E-state index contributed by atoms with van der Waals surface area (Å²) in [6, 6.07) is 4.53. The number of sulfonamides is 2. The molecular weight excluding hydrogens is 471 g/mol. The van der Waals surface area contributed by atoms with Gasteiger partial charge >= 0.3 is 0 Å². The molecular formula is C20H23FN6O4S2. The topological polar surface area (TPSA) is 147 Å². The van der Waals surface area contributed by atoms with E-state index in [2.05, 4.69) is 20.6 Å². The molecule has 1 heterocycles. The van der Waals surface area contributed by atoms with Crippen molar-refractivity contribution in [2.75, 3.05) is 24.7 Å². The van der Waals surface area contributed by atoms with E-state index in [9.17, 15) is 21.2 Å². The molecule has 4 N–H and O–H groups in total. The van der Waals surface area contributed by atoms with Gasteiger partial charge in [-0.25, -0.2) is 35.7 Å². The van der Waals surface area contributed by atoms with Crippen molar-refractivity contribution in [3.05, 3.63) is 70.7 Å². The van der Waals surface area contributed by atoms with Gasteiger partial charge in [0.2, 0.25) is 26.0 Å². The lowest BCUT2D eigenvalue weighted by molar-refractivity contribution is 0.530. The fourth-order valence-corrected chi connectivity index (χ4v) is 4.38. The van der Waals surface area contributed by atoms with Crippen LogP contribution in [0.5, 0.6) is 0 Å². The van der Waals surface area contributed by atoms with Crippen LogP contribution < -0.4 is 15.8 Å². The van der Waals surface area contributed by atoms with Crippen LogP contribution in [-0.2, 0) is 20.0 Å². The Morgan fingerprint density at radius 1 is 1.15 bits per heavy atom. The van der Waals surface area contributed by atoms with E-state index >= 15 is 0 Å². The Kier molecular flexibility index (Phi) is 6.97. The molecule has 0 aliphatic heterocycles. The number of hydrogen-bond acceptors (Lipinski definition) is 8. The van der Waals surface area contributed by atoms with E-state index in [4.69, 9.17) is 5.14 Å². The molecule has 0 amide bonds. The third kappa shape index (κ3) is 6.22. The van der Waals surface area contributed by atoms with Gasteiger partial charge in [-0.15, -0.1) is 0 Å². The Balaban J connectivity index is 1.77. The number of halogens is 1. The summed E-state index contributed by atoms with van der Waals surface area (Å²) in [6.07, 6.45) is 6.21. The van der Waals surface area contributed by atoms with E-state index in [0.29, 0.717) is 28.9 Å². The summed E-state index contributed by atoms with van der Waals surface area (Å²) in [5.74, 6) is -0.794. The Labute approximate surface area is 191 Å². The first-order chi connectivity index (χ1) is 15.3. The molecule has 1 aliphatic carbocycles. The highest BCUT2D eigenvalue weighted by molar-refractivity contribution is 7.92. The molecule has 176 valence electrons. The van der Waals surface area contributed by atoms with Gasteiger partial charge in [-0.2, -0.15) is 4.98 Å². The zero-order chi connectivity index (χ0) is 24.4. The summed E-state index contributed by atoms with van der Waals surface area (Å²) >= 11 is 0. The third-order valence-electron chi connectivity index (χ3n) is 4.60. The molecule has 0 radical (unpaired) electrons. The lowest BCUT2D eigenvalue weighted by atomic mass is 10.1. The number of hydrogen-bond donors (Lipinski definition) is 3. The summed E-state index contributed by atoms with van der Waals surface area (Å²) in [5, 5.41) is 12.1. The smallest absolute Gasteiger partial charge is 0.238 e. The third-order valence-corrected chi connectivity index (χ3v) is 7.27. The zero-order valence-electron chi connectivity index (χ0n) is 18.1. The molecule has 0 saturated heterocycles. The standard InChI is InChI=1S/C20H23FN6O4S2/c1-13-4-7-16(10-18(13)33(22,30)31)25-20-23-11-17(21)19(26-20)24-15-8-5-14(6-9-15)12-32(28,29)27(2)3/h4-5,7-12H,6H2,1-3H3,(H2,22,30,31)(H2,23,24,25,26). The number of allylic oxidation sites excluding steroid dienone is 4. The van der Waals surface area contributed by atoms with Gasteiger partial charge in [0.25, 0.3) is 0 Å². The van der Waals surface area contributed by atoms with E-state index < -0.39 is 25.9 Å². The van der Waals surface area contributed by atoms with E-state index in [-0.39, 0.29) is 16.7 Å². The van der Waals surface area contributed by atoms with Crippen molar-refractivity contribution in [2.45, 2.75) is 18.2 Å². The molecule has 3 rings (SSSR count). The first-order valence-corrected chi connectivity index (χ1v) is 12.6. The van der Waals surface area contributed by atoms with Crippen LogP contribution in [0.2, 0.25) is 0 Å². The van der Waals surface area contributed by atoms with E-state index in [1.807, 2.05) is 0 Å². The average molecular weight is 495 g/mol. The van der Waals surface area contributed by atoms with Crippen LogP contribution in [0.1, 0.15) is 12.0 Å². The number of anilines is 3. The fraction of sp³-hybridized carbons (Fsp3) is 0.200. The highest BCUT2D eigenvalue weighted by atomic mass is 32.2. The molecule has 0 atom stereocenters. The number of primary sulfonamides is 1. The second-order valence-corrected chi connectivity index (χ2v) is 10.9. The number of aryl methyl sites for hydroxylation is 1. The van der Waals surface area contributed by atoms with Crippen molar-refractivity contribution in [1.29, 1.82) is 0 Å². The lowest BCUT2D eigenvalue weighted by Crippen LogP contribution is -2.20. The van der Waals surface area contributed by atoms with Crippen molar-refractivity contribution < 1.29 is 21.2 Å². The summed E-state index contributed by atoms with van der Waals surface area (Å²) in [4.78, 5) is 7.92. The highest BCUT2D eigenvalue weighted by Crippen LogP contribution is 2.24. The molecule has 1 aliphatic rings. The molecule has 0 spiro atoms. The predicted octanol–water partition coefficient (Wildman–Crippen LogP) is 2.35. The maximum atomic E-state index is 14.3. The Hall–Kier alpha value is -3.13. The number of nitrogens with zero attached hydrogens (tertiary/aromatic N) is 3. The average Bonchev–Trinajstić information content (AvgIpc) is 2.72. The lowest BCUT2D eigenvalue weighted by Gasteiger charge is -2.14. The molecule has 0 saturated carbocycles. The summed E-state index contributed by atoms with van der Waals surface area (Å²) in [6.45, 7) is 1.61. The van der Waals surface area contributed by atoms with Crippen molar-refractivity contribution >= 4 is 37.5 Å². The largest absolute Gasteiger partial charge is 0.338 e. The van der Waals surface area contributed by atoms with Crippen molar-refractivity contribution in [3.8, 4) is 0 Å². The highest BCUT2D eigenvalue weighted by Gasteiger charge is 2.15. The minimum atomic E-state index is -3.92. The van der Waals surface area contributed by atoms with Gasteiger partial charge < -0.3 is 10.6 Å². The maximum Gasteiger partial charge on any atom is 0.238 e. The van der Waals surface area contributed by atoms with Crippen molar-refractivity contribution in [1.82, 2.24) is 14.3 Å². The monoisotopic (exact) mass is 494 g/mol. The number of rotatable bonds is 7. The number of nitrogens with two attached hydrogens (primary N) is 1. The van der Waals surface area contributed by atoms with Gasteiger partial charge in [0, 0.05) is 30.9 Å². The van der Waals surface area contributed by atoms with E-state index in [1.165, 1.54) is 25.6 Å². The zero-order valence-corrected chi connectivity index (χ0v) is 19.7. The van der Waals surface area contributed by atoms with Crippen LogP contribution in [0.3, 0.4) is 0 Å². The fourth-order valence-electron chi connectivity index (χ4n) is 2.80. The predicted molar refractivity (Wildman–Crippen MR) is 124 cm³/mol. The second kappa shape index (κ2) is 9.39. The molecule has 0 bridgehead atoms. The van der Waals surface area contributed by atoms with Crippen LogP contribution in [0.25, 0.3) is 0 Å². The first kappa shape index (κ1) is 24.5. The van der Waals surface area contributed by atoms with Crippen LogP contribution in [0.4, 0.5) is 21.8 Å². The first-order valence-electron chi connectivity index (χ1n) is 9.56. The van der Waals surface area contributed by atoms with Crippen LogP contribution in [0, 0.1) is 12.7 Å². The van der Waals surface area contributed by atoms with Crippen LogP contribution >= 0.6 is 0 Å². The normalized spacial score (nSPS) is 15.6. The molecule has 33 heavy (non-hydrogen) atoms.